The van der Waals surface area contributed by atoms with E-state index in [0.29, 0.717) is 22.9 Å². The number of anilines is 1. The monoisotopic (exact) mass is 396 g/mol. The number of hydrogen-bond acceptors (Lipinski definition) is 6. The first-order chi connectivity index (χ1) is 13.6. The minimum Gasteiger partial charge on any atom is -0.494 e. The Bertz CT molecular complexity index is 949. The van der Waals surface area contributed by atoms with Crippen molar-refractivity contribution in [3.8, 4) is 17.0 Å². The van der Waals surface area contributed by atoms with E-state index in [9.17, 15) is 9.59 Å². The second-order valence-electron chi connectivity index (χ2n) is 5.93. The van der Waals surface area contributed by atoms with E-state index in [0.717, 1.165) is 23.4 Å². The minimum atomic E-state index is -0.442. The Morgan fingerprint density at radius 3 is 2.36 bits per heavy atom. The molecule has 0 saturated heterocycles. The maximum atomic E-state index is 12.4. The molecule has 1 heterocycles. The van der Waals surface area contributed by atoms with Crippen molar-refractivity contribution in [1.82, 2.24) is 4.98 Å². The molecule has 2 aromatic carbocycles. The van der Waals surface area contributed by atoms with Gasteiger partial charge in [0.05, 0.1) is 25.0 Å². The predicted octanol–water partition coefficient (Wildman–Crippen LogP) is 4.64. The Kier molecular flexibility index (Phi) is 6.39. The first kappa shape index (κ1) is 19.6. The highest BCUT2D eigenvalue weighted by Crippen LogP contribution is 2.27. The number of carbonyl (C=O) groups excluding carboxylic acids is 2. The van der Waals surface area contributed by atoms with Gasteiger partial charge in [0, 0.05) is 16.5 Å². The molecule has 144 valence electrons. The van der Waals surface area contributed by atoms with Gasteiger partial charge >= 0.3 is 5.97 Å². The molecule has 0 spiro atoms. The lowest BCUT2D eigenvalue weighted by Crippen LogP contribution is -2.12. The van der Waals surface area contributed by atoms with Crippen LogP contribution in [0.2, 0.25) is 0 Å². The van der Waals surface area contributed by atoms with Gasteiger partial charge < -0.3 is 9.47 Å². The van der Waals surface area contributed by atoms with Crippen LogP contribution < -0.4 is 10.1 Å². The quantitative estimate of drug-likeness (QED) is 0.589. The average molecular weight is 396 g/mol. The summed E-state index contributed by atoms with van der Waals surface area (Å²) in [6.45, 7) is 2.75. The zero-order chi connectivity index (χ0) is 19.9. The molecule has 3 aromatic rings. The number of ether oxygens (including phenoxy) is 2. The highest BCUT2D eigenvalue weighted by molar-refractivity contribution is 7.14. The van der Waals surface area contributed by atoms with Crippen LogP contribution in [0.1, 0.15) is 34.1 Å². The molecule has 0 aliphatic heterocycles. The largest absolute Gasteiger partial charge is 0.494 e. The van der Waals surface area contributed by atoms with Crippen molar-refractivity contribution in [3.63, 3.8) is 0 Å². The Labute approximate surface area is 167 Å². The summed E-state index contributed by atoms with van der Waals surface area (Å²) in [6.07, 6.45) is 0.961. The standard InChI is InChI=1S/C21H20N2O4S/c1-3-12-27-17-10-8-14(9-11-17)18-13-28-21(22-18)23-19(24)15-4-6-16(7-5-15)20(25)26-2/h4-11,13H,3,12H2,1-2H3,(H,22,23,24). The van der Waals surface area contributed by atoms with E-state index >= 15 is 0 Å². The Morgan fingerprint density at radius 1 is 1.04 bits per heavy atom. The van der Waals surface area contributed by atoms with Crippen molar-refractivity contribution in [1.29, 1.82) is 0 Å². The molecule has 0 bridgehead atoms. The normalized spacial score (nSPS) is 10.4. The van der Waals surface area contributed by atoms with Gasteiger partial charge in [0.2, 0.25) is 0 Å². The fourth-order valence-corrected chi connectivity index (χ4v) is 3.17. The molecule has 0 radical (unpaired) electrons. The number of nitrogens with one attached hydrogen (secondary N) is 1. The Hall–Kier alpha value is -3.19. The van der Waals surface area contributed by atoms with E-state index in [-0.39, 0.29) is 5.91 Å². The maximum Gasteiger partial charge on any atom is 0.337 e. The van der Waals surface area contributed by atoms with Crippen LogP contribution in [-0.2, 0) is 4.74 Å². The third-order valence-electron chi connectivity index (χ3n) is 3.92. The third-order valence-corrected chi connectivity index (χ3v) is 4.67. The number of rotatable bonds is 7. The van der Waals surface area contributed by atoms with Crippen LogP contribution in [0.25, 0.3) is 11.3 Å². The first-order valence-corrected chi connectivity index (χ1v) is 9.67. The highest BCUT2D eigenvalue weighted by Gasteiger charge is 2.12. The summed E-state index contributed by atoms with van der Waals surface area (Å²) in [5.41, 5.74) is 2.55. The van der Waals surface area contributed by atoms with Gasteiger partial charge in [-0.15, -0.1) is 11.3 Å². The van der Waals surface area contributed by atoms with Crippen LogP contribution in [0, 0.1) is 0 Å². The number of thiazole rings is 1. The molecule has 1 aromatic heterocycles. The second-order valence-corrected chi connectivity index (χ2v) is 6.79. The molecular weight excluding hydrogens is 376 g/mol. The van der Waals surface area contributed by atoms with Gasteiger partial charge in [0.25, 0.3) is 5.91 Å². The molecule has 0 aliphatic carbocycles. The number of carbonyl (C=O) groups is 2. The van der Waals surface area contributed by atoms with Gasteiger partial charge in [0.15, 0.2) is 5.13 Å². The van der Waals surface area contributed by atoms with Crippen LogP contribution in [0.15, 0.2) is 53.9 Å². The summed E-state index contributed by atoms with van der Waals surface area (Å²) in [5.74, 6) is 0.0908. The molecule has 0 aliphatic rings. The Morgan fingerprint density at radius 2 is 1.71 bits per heavy atom. The maximum absolute atomic E-state index is 12.4. The van der Waals surface area contributed by atoms with Crippen LogP contribution in [0.3, 0.4) is 0 Å². The summed E-state index contributed by atoms with van der Waals surface area (Å²) in [5, 5.41) is 5.17. The van der Waals surface area contributed by atoms with Crippen molar-refractivity contribution < 1.29 is 19.1 Å². The van der Waals surface area contributed by atoms with Crippen LogP contribution in [-0.4, -0.2) is 30.6 Å². The molecule has 1 N–H and O–H groups in total. The van der Waals surface area contributed by atoms with E-state index in [1.165, 1.54) is 18.4 Å². The molecule has 0 fully saturated rings. The Balaban J connectivity index is 1.65. The summed E-state index contributed by atoms with van der Waals surface area (Å²) in [7, 11) is 1.31. The van der Waals surface area contributed by atoms with Crippen molar-refractivity contribution in [3.05, 3.63) is 65.0 Å². The predicted molar refractivity (Wildman–Crippen MR) is 109 cm³/mol. The fourth-order valence-electron chi connectivity index (χ4n) is 2.45. The van der Waals surface area contributed by atoms with Crippen molar-refractivity contribution >= 4 is 28.3 Å². The summed E-state index contributed by atoms with van der Waals surface area (Å²) >= 11 is 1.35. The summed E-state index contributed by atoms with van der Waals surface area (Å²) < 4.78 is 10.2. The van der Waals surface area contributed by atoms with E-state index in [1.54, 1.807) is 24.3 Å². The van der Waals surface area contributed by atoms with Crippen LogP contribution >= 0.6 is 11.3 Å². The third kappa shape index (κ3) is 4.75. The van der Waals surface area contributed by atoms with Gasteiger partial charge in [-0.05, 0) is 55.0 Å². The average Bonchev–Trinajstić information content (AvgIpc) is 3.20. The van der Waals surface area contributed by atoms with E-state index in [2.05, 4.69) is 22.0 Å². The van der Waals surface area contributed by atoms with Crippen molar-refractivity contribution in [2.24, 2.45) is 0 Å². The smallest absolute Gasteiger partial charge is 0.337 e. The van der Waals surface area contributed by atoms with Gasteiger partial charge in [-0.1, -0.05) is 6.92 Å². The number of hydrogen-bond donors (Lipinski definition) is 1. The van der Waals surface area contributed by atoms with Gasteiger partial charge in [-0.25, -0.2) is 9.78 Å². The molecule has 28 heavy (non-hydrogen) atoms. The molecule has 0 unspecified atom stereocenters. The molecule has 3 rings (SSSR count). The molecule has 1 amide bonds. The van der Waals surface area contributed by atoms with E-state index in [4.69, 9.17) is 4.74 Å². The summed E-state index contributed by atoms with van der Waals surface area (Å²) in [6, 6.07) is 14.0. The number of methoxy groups -OCH3 is 1. The van der Waals surface area contributed by atoms with Gasteiger partial charge in [0.1, 0.15) is 5.75 Å². The van der Waals surface area contributed by atoms with Crippen LogP contribution in [0.4, 0.5) is 5.13 Å². The highest BCUT2D eigenvalue weighted by atomic mass is 32.1. The number of aromatic nitrogens is 1. The molecular formula is C21H20N2O4S. The lowest BCUT2D eigenvalue weighted by Gasteiger charge is -2.05. The molecule has 0 saturated carbocycles. The summed E-state index contributed by atoms with van der Waals surface area (Å²) in [4.78, 5) is 28.3. The number of amides is 1. The van der Waals surface area contributed by atoms with Crippen molar-refractivity contribution in [2.45, 2.75) is 13.3 Å². The number of esters is 1. The lowest BCUT2D eigenvalue weighted by atomic mass is 10.1. The number of benzene rings is 2. The van der Waals surface area contributed by atoms with Crippen LogP contribution in [0.5, 0.6) is 5.75 Å². The zero-order valence-corrected chi connectivity index (χ0v) is 16.4. The molecule has 7 heteroatoms. The second kappa shape index (κ2) is 9.14. The topological polar surface area (TPSA) is 77.5 Å². The number of nitrogens with zero attached hydrogens (tertiary/aromatic N) is 1. The van der Waals surface area contributed by atoms with E-state index in [1.807, 2.05) is 29.6 Å². The van der Waals surface area contributed by atoms with Gasteiger partial charge in [-0.3, -0.25) is 10.1 Å². The molecule has 0 atom stereocenters. The lowest BCUT2D eigenvalue weighted by molar-refractivity contribution is 0.0600. The SMILES string of the molecule is CCCOc1ccc(-c2csc(NC(=O)c3ccc(C(=O)OC)cc3)n2)cc1. The van der Waals surface area contributed by atoms with E-state index < -0.39 is 5.97 Å². The fraction of sp³-hybridized carbons (Fsp3) is 0.190. The van der Waals surface area contributed by atoms with Gasteiger partial charge in [-0.2, -0.15) is 0 Å². The zero-order valence-electron chi connectivity index (χ0n) is 15.6. The first-order valence-electron chi connectivity index (χ1n) is 8.79. The minimum absolute atomic E-state index is 0.291. The van der Waals surface area contributed by atoms with Crippen molar-refractivity contribution in [2.75, 3.05) is 19.0 Å². The molecule has 6 nitrogen and oxygen atoms in total.